The molecule has 0 bridgehead atoms. The highest BCUT2D eigenvalue weighted by atomic mass is 16.5. The third kappa shape index (κ3) is 4.52. The Morgan fingerprint density at radius 1 is 1.27 bits per heavy atom. The second-order valence-electron chi connectivity index (χ2n) is 4.83. The second kappa shape index (κ2) is 7.24. The lowest BCUT2D eigenvalue weighted by Crippen LogP contribution is -2.35. The Morgan fingerprint density at radius 3 is 2.47 bits per heavy atom. The quantitative estimate of drug-likeness (QED) is 0.702. The smallest absolute Gasteiger partial charge is 0.0543 e. The van der Waals surface area contributed by atoms with E-state index in [0.29, 0.717) is 6.10 Å². The van der Waals surface area contributed by atoms with E-state index < -0.39 is 0 Å². The lowest BCUT2D eigenvalue weighted by atomic mass is 9.93. The third-order valence-electron chi connectivity index (χ3n) is 3.72. The van der Waals surface area contributed by atoms with Crippen LogP contribution < -0.4 is 5.32 Å². The SMILES string of the molecule is CCNC(CCC(C)OC)C1CCCC1. The highest BCUT2D eigenvalue weighted by Gasteiger charge is 2.24. The van der Waals surface area contributed by atoms with Gasteiger partial charge in [0.05, 0.1) is 6.10 Å². The molecule has 0 aromatic rings. The first-order valence-electron chi connectivity index (χ1n) is 6.54. The minimum Gasteiger partial charge on any atom is -0.382 e. The lowest BCUT2D eigenvalue weighted by Gasteiger charge is -2.25. The van der Waals surface area contributed by atoms with Crippen LogP contribution in [0, 0.1) is 5.92 Å². The number of ether oxygens (including phenoxy) is 1. The van der Waals surface area contributed by atoms with Gasteiger partial charge in [0.2, 0.25) is 0 Å². The summed E-state index contributed by atoms with van der Waals surface area (Å²) >= 11 is 0. The fourth-order valence-corrected chi connectivity index (χ4v) is 2.66. The van der Waals surface area contributed by atoms with E-state index in [1.807, 2.05) is 7.11 Å². The molecule has 0 aromatic carbocycles. The molecule has 1 aliphatic carbocycles. The number of hydrogen-bond donors (Lipinski definition) is 1. The van der Waals surface area contributed by atoms with Crippen molar-refractivity contribution in [1.29, 1.82) is 0 Å². The Bertz CT molecular complexity index is 155. The molecule has 0 heterocycles. The normalized spacial score (nSPS) is 21.8. The molecule has 15 heavy (non-hydrogen) atoms. The zero-order valence-corrected chi connectivity index (χ0v) is 10.6. The highest BCUT2D eigenvalue weighted by molar-refractivity contribution is 4.80. The van der Waals surface area contributed by atoms with Gasteiger partial charge in [-0.2, -0.15) is 0 Å². The average Bonchev–Trinajstić information content (AvgIpc) is 2.76. The summed E-state index contributed by atoms with van der Waals surface area (Å²) in [6.45, 7) is 5.47. The molecule has 1 saturated carbocycles. The first-order valence-corrected chi connectivity index (χ1v) is 6.54. The van der Waals surface area contributed by atoms with Crippen LogP contribution in [0.15, 0.2) is 0 Å². The van der Waals surface area contributed by atoms with Crippen molar-refractivity contribution >= 4 is 0 Å². The van der Waals surface area contributed by atoms with E-state index in [2.05, 4.69) is 19.2 Å². The Hall–Kier alpha value is -0.0800. The average molecular weight is 213 g/mol. The van der Waals surface area contributed by atoms with Crippen LogP contribution in [-0.2, 0) is 4.74 Å². The Balaban J connectivity index is 2.29. The molecule has 1 rings (SSSR count). The minimum atomic E-state index is 0.410. The summed E-state index contributed by atoms with van der Waals surface area (Å²) in [5.74, 6) is 0.925. The van der Waals surface area contributed by atoms with E-state index in [-0.39, 0.29) is 0 Å². The molecule has 2 heteroatoms. The van der Waals surface area contributed by atoms with Crippen LogP contribution in [0.25, 0.3) is 0 Å². The largest absolute Gasteiger partial charge is 0.382 e. The standard InChI is InChI=1S/C13H27NO/c1-4-14-13(10-9-11(2)15-3)12-7-5-6-8-12/h11-14H,4-10H2,1-3H3. The topological polar surface area (TPSA) is 21.3 Å². The van der Waals surface area contributed by atoms with Crippen LogP contribution in [0.2, 0.25) is 0 Å². The summed E-state index contributed by atoms with van der Waals surface area (Å²) in [6, 6.07) is 0.732. The molecule has 0 aliphatic heterocycles. The van der Waals surface area contributed by atoms with Crippen LogP contribution in [0.5, 0.6) is 0 Å². The second-order valence-corrected chi connectivity index (χ2v) is 4.83. The van der Waals surface area contributed by atoms with Crippen molar-refractivity contribution in [3.8, 4) is 0 Å². The van der Waals surface area contributed by atoms with Crippen LogP contribution >= 0.6 is 0 Å². The summed E-state index contributed by atoms with van der Waals surface area (Å²) in [7, 11) is 1.81. The maximum Gasteiger partial charge on any atom is 0.0543 e. The molecule has 2 atom stereocenters. The van der Waals surface area contributed by atoms with E-state index in [9.17, 15) is 0 Å². The Labute approximate surface area is 94.8 Å². The van der Waals surface area contributed by atoms with Crippen molar-refractivity contribution in [3.05, 3.63) is 0 Å². The van der Waals surface area contributed by atoms with Crippen LogP contribution in [0.4, 0.5) is 0 Å². The van der Waals surface area contributed by atoms with Crippen molar-refractivity contribution in [2.45, 2.75) is 64.5 Å². The fourth-order valence-electron chi connectivity index (χ4n) is 2.66. The first-order chi connectivity index (χ1) is 7.27. The van der Waals surface area contributed by atoms with E-state index in [1.54, 1.807) is 0 Å². The molecular formula is C13H27NO. The molecule has 0 amide bonds. The van der Waals surface area contributed by atoms with Gasteiger partial charge in [-0.15, -0.1) is 0 Å². The number of nitrogens with one attached hydrogen (secondary N) is 1. The van der Waals surface area contributed by atoms with Crippen molar-refractivity contribution in [3.63, 3.8) is 0 Å². The molecule has 2 nitrogen and oxygen atoms in total. The minimum absolute atomic E-state index is 0.410. The van der Waals surface area contributed by atoms with Crippen LogP contribution in [0.1, 0.15) is 52.4 Å². The third-order valence-corrected chi connectivity index (χ3v) is 3.72. The molecule has 90 valence electrons. The van der Waals surface area contributed by atoms with Gasteiger partial charge in [0.15, 0.2) is 0 Å². The molecule has 0 aromatic heterocycles. The predicted octanol–water partition coefficient (Wildman–Crippen LogP) is 2.97. The summed E-state index contributed by atoms with van der Waals surface area (Å²) in [5, 5.41) is 3.65. The van der Waals surface area contributed by atoms with Gasteiger partial charge in [-0.05, 0) is 45.1 Å². The fraction of sp³-hybridized carbons (Fsp3) is 1.00. The van der Waals surface area contributed by atoms with Crippen molar-refractivity contribution in [1.82, 2.24) is 5.32 Å². The van der Waals surface area contributed by atoms with Gasteiger partial charge in [0, 0.05) is 13.2 Å². The van der Waals surface area contributed by atoms with Gasteiger partial charge >= 0.3 is 0 Å². The van der Waals surface area contributed by atoms with Gasteiger partial charge in [-0.1, -0.05) is 19.8 Å². The summed E-state index contributed by atoms with van der Waals surface area (Å²) in [4.78, 5) is 0. The molecule has 1 N–H and O–H groups in total. The summed E-state index contributed by atoms with van der Waals surface area (Å²) < 4.78 is 5.31. The number of methoxy groups -OCH3 is 1. The predicted molar refractivity (Wildman–Crippen MR) is 65.1 cm³/mol. The van der Waals surface area contributed by atoms with E-state index in [4.69, 9.17) is 4.74 Å². The lowest BCUT2D eigenvalue weighted by molar-refractivity contribution is 0.103. The monoisotopic (exact) mass is 213 g/mol. The molecule has 0 spiro atoms. The van der Waals surface area contributed by atoms with Crippen LogP contribution in [0.3, 0.4) is 0 Å². The maximum atomic E-state index is 5.31. The number of rotatable bonds is 7. The zero-order valence-electron chi connectivity index (χ0n) is 10.6. The van der Waals surface area contributed by atoms with E-state index in [1.165, 1.54) is 38.5 Å². The molecule has 0 saturated heterocycles. The maximum absolute atomic E-state index is 5.31. The highest BCUT2D eigenvalue weighted by Crippen LogP contribution is 2.29. The zero-order chi connectivity index (χ0) is 11.1. The van der Waals surface area contributed by atoms with Crippen LogP contribution in [-0.4, -0.2) is 25.8 Å². The Morgan fingerprint density at radius 2 is 1.93 bits per heavy atom. The van der Waals surface area contributed by atoms with Gasteiger partial charge < -0.3 is 10.1 Å². The molecule has 0 radical (unpaired) electrons. The number of hydrogen-bond acceptors (Lipinski definition) is 2. The molecular weight excluding hydrogens is 186 g/mol. The molecule has 1 aliphatic rings. The van der Waals surface area contributed by atoms with Gasteiger partial charge in [-0.25, -0.2) is 0 Å². The van der Waals surface area contributed by atoms with Gasteiger partial charge in [0.25, 0.3) is 0 Å². The Kier molecular flexibility index (Phi) is 6.26. The summed E-state index contributed by atoms with van der Waals surface area (Å²) in [5.41, 5.74) is 0. The van der Waals surface area contributed by atoms with Crippen molar-refractivity contribution < 1.29 is 4.74 Å². The van der Waals surface area contributed by atoms with Gasteiger partial charge in [-0.3, -0.25) is 0 Å². The molecule has 1 fully saturated rings. The summed E-state index contributed by atoms with van der Waals surface area (Å²) in [6.07, 6.45) is 8.60. The first kappa shape index (κ1) is 13.0. The van der Waals surface area contributed by atoms with Gasteiger partial charge in [0.1, 0.15) is 0 Å². The molecule has 2 unspecified atom stereocenters. The van der Waals surface area contributed by atoms with E-state index >= 15 is 0 Å². The van der Waals surface area contributed by atoms with E-state index in [0.717, 1.165) is 18.5 Å². The van der Waals surface area contributed by atoms with Crippen molar-refractivity contribution in [2.75, 3.05) is 13.7 Å². The van der Waals surface area contributed by atoms with Crippen molar-refractivity contribution in [2.24, 2.45) is 5.92 Å².